The molecule has 1 amide bonds. The maximum atomic E-state index is 12.5. The van der Waals surface area contributed by atoms with E-state index in [2.05, 4.69) is 26.7 Å². The predicted molar refractivity (Wildman–Crippen MR) is 125 cm³/mol. The van der Waals surface area contributed by atoms with Gasteiger partial charge in [0.05, 0.1) is 12.8 Å². The van der Waals surface area contributed by atoms with Crippen LogP contribution >= 0.6 is 0 Å². The SMILES string of the molecule is COc1ccc(N2CCCN(C(=O)OC(C)(C)C)CC2)c2oc(C#Cc3cccnc3)nc12. The van der Waals surface area contributed by atoms with Gasteiger partial charge in [0.25, 0.3) is 5.89 Å². The molecule has 0 spiro atoms. The molecular formula is C25H28N4O4. The molecule has 1 saturated heterocycles. The fraction of sp³-hybridized carbons (Fsp3) is 0.400. The van der Waals surface area contributed by atoms with Gasteiger partial charge in [-0.15, -0.1) is 0 Å². The topological polar surface area (TPSA) is 80.9 Å². The van der Waals surface area contributed by atoms with Crippen LogP contribution in [0.5, 0.6) is 5.75 Å². The summed E-state index contributed by atoms with van der Waals surface area (Å²) in [5.74, 6) is 6.93. The van der Waals surface area contributed by atoms with Gasteiger partial charge in [-0.1, -0.05) is 5.92 Å². The van der Waals surface area contributed by atoms with Gasteiger partial charge in [0.2, 0.25) is 0 Å². The Bertz CT molecular complexity index is 1190. The van der Waals surface area contributed by atoms with Crippen LogP contribution in [0.3, 0.4) is 0 Å². The maximum Gasteiger partial charge on any atom is 0.410 e. The summed E-state index contributed by atoms with van der Waals surface area (Å²) in [6, 6.07) is 7.56. The van der Waals surface area contributed by atoms with Crippen LogP contribution in [-0.2, 0) is 4.74 Å². The zero-order valence-corrected chi connectivity index (χ0v) is 19.4. The second-order valence-corrected chi connectivity index (χ2v) is 8.78. The molecule has 172 valence electrons. The number of amides is 1. The largest absolute Gasteiger partial charge is 0.494 e. The number of carbonyl (C=O) groups excluding carboxylic acids is 1. The number of fused-ring (bicyclic) bond motifs is 1. The standard InChI is InChI=1S/C25H28N4O4/c1-25(2,3)33-24(30)29-14-6-13-28(15-16-29)19-9-10-20(31-4)22-23(19)32-21(27-22)11-8-18-7-5-12-26-17-18/h5,7,9-10,12,17H,6,13-16H2,1-4H3. The molecule has 33 heavy (non-hydrogen) atoms. The highest BCUT2D eigenvalue weighted by molar-refractivity contribution is 5.91. The number of methoxy groups -OCH3 is 1. The van der Waals surface area contributed by atoms with E-state index >= 15 is 0 Å². The number of hydrogen-bond acceptors (Lipinski definition) is 7. The number of oxazole rings is 1. The average molecular weight is 449 g/mol. The quantitative estimate of drug-likeness (QED) is 0.547. The number of benzene rings is 1. The van der Waals surface area contributed by atoms with Crippen molar-refractivity contribution in [3.05, 3.63) is 48.1 Å². The first-order valence-electron chi connectivity index (χ1n) is 11.0. The van der Waals surface area contributed by atoms with Gasteiger partial charge in [-0.05, 0) is 57.4 Å². The predicted octanol–water partition coefficient (Wildman–Crippen LogP) is 4.08. The second-order valence-electron chi connectivity index (χ2n) is 8.78. The lowest BCUT2D eigenvalue weighted by molar-refractivity contribution is 0.0263. The fourth-order valence-electron chi connectivity index (χ4n) is 3.67. The van der Waals surface area contributed by atoms with Gasteiger partial charge in [-0.2, -0.15) is 4.98 Å². The molecular weight excluding hydrogens is 420 g/mol. The van der Waals surface area contributed by atoms with Gasteiger partial charge in [0.15, 0.2) is 11.1 Å². The van der Waals surface area contributed by atoms with E-state index in [0.717, 1.165) is 24.2 Å². The average Bonchev–Trinajstić information content (AvgIpc) is 3.06. The van der Waals surface area contributed by atoms with Crippen LogP contribution in [0, 0.1) is 11.8 Å². The first-order valence-corrected chi connectivity index (χ1v) is 11.0. The van der Waals surface area contributed by atoms with Gasteiger partial charge in [0, 0.05) is 44.1 Å². The molecule has 1 aliphatic heterocycles. The smallest absolute Gasteiger partial charge is 0.410 e. The van der Waals surface area contributed by atoms with Crippen LogP contribution in [0.15, 0.2) is 41.1 Å². The van der Waals surface area contributed by atoms with Crippen molar-refractivity contribution in [3.63, 3.8) is 0 Å². The summed E-state index contributed by atoms with van der Waals surface area (Å²) >= 11 is 0. The summed E-state index contributed by atoms with van der Waals surface area (Å²) in [6.07, 6.45) is 3.92. The summed E-state index contributed by atoms with van der Waals surface area (Å²) in [5, 5.41) is 0. The minimum atomic E-state index is -0.516. The third-order valence-electron chi connectivity index (χ3n) is 5.17. The molecule has 0 saturated carbocycles. The van der Waals surface area contributed by atoms with Crippen LogP contribution in [-0.4, -0.2) is 59.9 Å². The molecule has 1 fully saturated rings. The molecule has 3 heterocycles. The molecule has 1 aromatic carbocycles. The van der Waals surface area contributed by atoms with E-state index in [1.807, 2.05) is 45.0 Å². The van der Waals surface area contributed by atoms with Gasteiger partial charge in [-0.3, -0.25) is 4.98 Å². The summed E-state index contributed by atoms with van der Waals surface area (Å²) in [6.45, 7) is 8.26. The van der Waals surface area contributed by atoms with Crippen molar-refractivity contribution >= 4 is 22.9 Å². The lowest BCUT2D eigenvalue weighted by Crippen LogP contribution is -2.39. The Labute approximate surface area is 193 Å². The number of hydrogen-bond donors (Lipinski definition) is 0. The normalized spacial score (nSPS) is 14.4. The van der Waals surface area contributed by atoms with E-state index in [-0.39, 0.29) is 6.09 Å². The molecule has 3 aromatic rings. The van der Waals surface area contributed by atoms with Gasteiger partial charge < -0.3 is 23.7 Å². The number of rotatable bonds is 2. The first kappa shape index (κ1) is 22.5. The number of anilines is 1. The Kier molecular flexibility index (Phi) is 6.40. The van der Waals surface area contributed by atoms with Gasteiger partial charge >= 0.3 is 6.09 Å². The van der Waals surface area contributed by atoms with Crippen LogP contribution in [0.25, 0.3) is 11.1 Å². The highest BCUT2D eigenvalue weighted by Crippen LogP contribution is 2.34. The Hall–Kier alpha value is -3.73. The summed E-state index contributed by atoms with van der Waals surface area (Å²) < 4.78 is 17.1. The van der Waals surface area contributed by atoms with E-state index in [0.29, 0.717) is 42.4 Å². The molecule has 4 rings (SSSR count). The van der Waals surface area contributed by atoms with Crippen LogP contribution in [0.1, 0.15) is 38.6 Å². The third-order valence-corrected chi connectivity index (χ3v) is 5.17. The Morgan fingerprint density at radius 3 is 2.70 bits per heavy atom. The molecule has 0 N–H and O–H groups in total. The summed E-state index contributed by atoms with van der Waals surface area (Å²) in [7, 11) is 1.61. The number of carbonyl (C=O) groups is 1. The van der Waals surface area contributed by atoms with Crippen molar-refractivity contribution < 1.29 is 18.7 Å². The Morgan fingerprint density at radius 1 is 1.12 bits per heavy atom. The second kappa shape index (κ2) is 9.41. The fourth-order valence-corrected chi connectivity index (χ4v) is 3.67. The number of pyridine rings is 1. The zero-order chi connectivity index (χ0) is 23.4. The van der Waals surface area contributed by atoms with Crippen molar-refractivity contribution in [2.75, 3.05) is 38.2 Å². The van der Waals surface area contributed by atoms with E-state index in [9.17, 15) is 4.79 Å². The van der Waals surface area contributed by atoms with Crippen LogP contribution < -0.4 is 9.64 Å². The maximum absolute atomic E-state index is 12.5. The minimum absolute atomic E-state index is 0.281. The Morgan fingerprint density at radius 2 is 1.97 bits per heavy atom. The van der Waals surface area contributed by atoms with Gasteiger partial charge in [-0.25, -0.2) is 4.79 Å². The van der Waals surface area contributed by atoms with E-state index < -0.39 is 5.60 Å². The molecule has 2 aromatic heterocycles. The molecule has 0 radical (unpaired) electrons. The molecule has 0 unspecified atom stereocenters. The van der Waals surface area contributed by atoms with Crippen molar-refractivity contribution in [2.24, 2.45) is 0 Å². The molecule has 8 heteroatoms. The number of aromatic nitrogens is 2. The summed E-state index contributed by atoms with van der Waals surface area (Å²) in [4.78, 5) is 25.1. The number of nitrogens with zero attached hydrogens (tertiary/aromatic N) is 4. The lowest BCUT2D eigenvalue weighted by atomic mass is 10.2. The zero-order valence-electron chi connectivity index (χ0n) is 19.4. The van der Waals surface area contributed by atoms with E-state index in [4.69, 9.17) is 13.9 Å². The molecule has 0 bridgehead atoms. The van der Waals surface area contributed by atoms with Crippen molar-refractivity contribution in [2.45, 2.75) is 32.8 Å². The summed E-state index contributed by atoms with van der Waals surface area (Å²) in [5.41, 5.74) is 2.41. The molecule has 1 aliphatic rings. The van der Waals surface area contributed by atoms with Crippen molar-refractivity contribution in [3.8, 4) is 17.6 Å². The van der Waals surface area contributed by atoms with Crippen molar-refractivity contribution in [1.82, 2.24) is 14.9 Å². The molecule has 0 aliphatic carbocycles. The molecule has 0 atom stereocenters. The van der Waals surface area contributed by atoms with Crippen molar-refractivity contribution in [1.29, 1.82) is 0 Å². The van der Waals surface area contributed by atoms with E-state index in [1.54, 1.807) is 24.4 Å². The monoisotopic (exact) mass is 448 g/mol. The van der Waals surface area contributed by atoms with Gasteiger partial charge in [0.1, 0.15) is 11.4 Å². The van der Waals surface area contributed by atoms with Crippen LogP contribution in [0.2, 0.25) is 0 Å². The van der Waals surface area contributed by atoms with E-state index in [1.165, 1.54) is 0 Å². The minimum Gasteiger partial charge on any atom is -0.494 e. The highest BCUT2D eigenvalue weighted by atomic mass is 16.6. The Balaban J connectivity index is 1.59. The lowest BCUT2D eigenvalue weighted by Gasteiger charge is -2.27. The highest BCUT2D eigenvalue weighted by Gasteiger charge is 2.26. The first-order chi connectivity index (χ1) is 15.8. The number of ether oxygens (including phenoxy) is 2. The van der Waals surface area contributed by atoms with Crippen LogP contribution in [0.4, 0.5) is 10.5 Å². The third kappa shape index (κ3) is 5.37. The molecule has 8 nitrogen and oxygen atoms in total.